The van der Waals surface area contributed by atoms with Crippen molar-refractivity contribution >= 4 is 17.6 Å². The third kappa shape index (κ3) is 4.15. The fourth-order valence-corrected chi connectivity index (χ4v) is 1.64. The Balaban J connectivity index is 3.08. The molecule has 0 aromatic heterocycles. The molecule has 0 heterocycles. The highest BCUT2D eigenvalue weighted by Crippen LogP contribution is 2.32. The fraction of sp³-hybridized carbons (Fsp3) is 0.333. The zero-order valence-electron chi connectivity index (χ0n) is 10.5. The van der Waals surface area contributed by atoms with Gasteiger partial charge < -0.3 is 16.2 Å². The van der Waals surface area contributed by atoms with E-state index in [1.165, 1.54) is 0 Å². The molecule has 1 aromatic carbocycles. The first-order valence-corrected chi connectivity index (χ1v) is 5.60. The monoisotopic (exact) mass is 290 g/mol. The lowest BCUT2D eigenvalue weighted by molar-refractivity contribution is -0.137. The lowest BCUT2D eigenvalue weighted by Crippen LogP contribution is -2.25. The van der Waals surface area contributed by atoms with Crippen molar-refractivity contribution in [3.8, 4) is 0 Å². The summed E-state index contributed by atoms with van der Waals surface area (Å²) in [4.78, 5) is 21.7. The Morgan fingerprint density at radius 3 is 2.45 bits per heavy atom. The van der Waals surface area contributed by atoms with Crippen LogP contribution < -0.4 is 11.1 Å². The maximum Gasteiger partial charge on any atom is 0.416 e. The van der Waals surface area contributed by atoms with Crippen LogP contribution in [0.4, 0.5) is 18.9 Å². The molecular weight excluding hydrogens is 277 g/mol. The molecule has 4 N–H and O–H groups in total. The highest BCUT2D eigenvalue weighted by Gasteiger charge is 2.31. The minimum absolute atomic E-state index is 0.000694. The maximum atomic E-state index is 12.5. The number of anilines is 1. The molecule has 1 amide bonds. The van der Waals surface area contributed by atoms with Crippen molar-refractivity contribution in [3.05, 3.63) is 29.3 Å². The number of aromatic carboxylic acids is 1. The first kappa shape index (κ1) is 15.8. The van der Waals surface area contributed by atoms with Gasteiger partial charge in [-0.2, -0.15) is 13.2 Å². The van der Waals surface area contributed by atoms with Gasteiger partial charge in [0, 0.05) is 18.2 Å². The topological polar surface area (TPSA) is 92.4 Å². The van der Waals surface area contributed by atoms with E-state index in [2.05, 4.69) is 5.32 Å². The number of carbonyl (C=O) groups is 2. The standard InChI is InChI=1S/C12H13F3N2O3/c1-6(4-10(16)18)17-9-3-2-7(12(13,14)15)5-8(9)11(19)20/h2-3,5-6,17H,4H2,1H3,(H2,16,18)(H,19,20). The average Bonchev–Trinajstić information content (AvgIpc) is 2.26. The molecule has 1 atom stereocenters. The van der Waals surface area contributed by atoms with E-state index in [1.807, 2.05) is 0 Å². The zero-order chi connectivity index (χ0) is 15.5. The molecule has 110 valence electrons. The molecule has 0 aliphatic heterocycles. The molecule has 0 bridgehead atoms. The van der Waals surface area contributed by atoms with Gasteiger partial charge in [-0.25, -0.2) is 4.79 Å². The normalized spacial score (nSPS) is 12.8. The highest BCUT2D eigenvalue weighted by atomic mass is 19.4. The Kier molecular flexibility index (Phi) is 4.59. The second-order valence-electron chi connectivity index (χ2n) is 4.28. The number of nitrogens with two attached hydrogens (primary N) is 1. The lowest BCUT2D eigenvalue weighted by Gasteiger charge is -2.17. The van der Waals surface area contributed by atoms with Crippen LogP contribution in [0.5, 0.6) is 0 Å². The number of halogens is 3. The Bertz CT molecular complexity index is 529. The largest absolute Gasteiger partial charge is 0.478 e. The van der Waals surface area contributed by atoms with Gasteiger partial charge in [0.25, 0.3) is 0 Å². The molecule has 5 nitrogen and oxygen atoms in total. The number of nitrogens with one attached hydrogen (secondary N) is 1. The number of carboxylic acids is 1. The predicted octanol–water partition coefficient (Wildman–Crippen LogP) is 2.08. The van der Waals surface area contributed by atoms with Gasteiger partial charge in [0.05, 0.1) is 11.1 Å². The maximum absolute atomic E-state index is 12.5. The number of hydrogen-bond donors (Lipinski definition) is 3. The molecule has 0 aliphatic carbocycles. The molecule has 0 fully saturated rings. The Morgan fingerprint density at radius 1 is 1.40 bits per heavy atom. The molecule has 0 radical (unpaired) electrons. The van der Waals surface area contributed by atoms with E-state index in [-0.39, 0.29) is 12.1 Å². The number of carboxylic acid groups (broad SMARTS) is 1. The average molecular weight is 290 g/mol. The van der Waals surface area contributed by atoms with Gasteiger partial charge in [0.2, 0.25) is 5.91 Å². The summed E-state index contributed by atoms with van der Waals surface area (Å²) < 4.78 is 37.6. The molecule has 0 saturated heterocycles. The van der Waals surface area contributed by atoms with Crippen LogP contribution in [0, 0.1) is 0 Å². The summed E-state index contributed by atoms with van der Waals surface area (Å²) in [5, 5.41) is 11.6. The predicted molar refractivity (Wildman–Crippen MR) is 65.3 cm³/mol. The number of primary amides is 1. The number of amides is 1. The van der Waals surface area contributed by atoms with E-state index in [4.69, 9.17) is 10.8 Å². The van der Waals surface area contributed by atoms with Gasteiger partial charge in [-0.1, -0.05) is 0 Å². The highest BCUT2D eigenvalue weighted by molar-refractivity contribution is 5.94. The van der Waals surface area contributed by atoms with Crippen molar-refractivity contribution in [1.29, 1.82) is 0 Å². The minimum atomic E-state index is -4.62. The van der Waals surface area contributed by atoms with E-state index >= 15 is 0 Å². The van der Waals surface area contributed by atoms with Gasteiger partial charge in [0.15, 0.2) is 0 Å². The van der Waals surface area contributed by atoms with Crippen molar-refractivity contribution in [2.24, 2.45) is 5.73 Å². The third-order valence-electron chi connectivity index (χ3n) is 2.49. The van der Waals surface area contributed by atoms with Crippen molar-refractivity contribution < 1.29 is 27.9 Å². The second-order valence-corrected chi connectivity index (χ2v) is 4.28. The lowest BCUT2D eigenvalue weighted by atomic mass is 10.1. The van der Waals surface area contributed by atoms with Crippen LogP contribution >= 0.6 is 0 Å². The number of rotatable bonds is 5. The molecule has 20 heavy (non-hydrogen) atoms. The van der Waals surface area contributed by atoms with Gasteiger partial charge in [0.1, 0.15) is 0 Å². The first-order chi connectivity index (χ1) is 9.11. The Morgan fingerprint density at radius 2 is 2.00 bits per heavy atom. The van der Waals surface area contributed by atoms with Gasteiger partial charge in [-0.05, 0) is 25.1 Å². The number of hydrogen-bond acceptors (Lipinski definition) is 3. The van der Waals surface area contributed by atoms with E-state index < -0.39 is 35.2 Å². The van der Waals surface area contributed by atoms with Crippen molar-refractivity contribution in [2.45, 2.75) is 25.6 Å². The summed E-state index contributed by atoms with van der Waals surface area (Å²) in [5.74, 6) is -2.10. The van der Waals surface area contributed by atoms with Crippen LogP contribution in [-0.4, -0.2) is 23.0 Å². The van der Waals surface area contributed by atoms with Crippen LogP contribution in [0.1, 0.15) is 29.3 Å². The summed E-state index contributed by atoms with van der Waals surface area (Å²) >= 11 is 0. The zero-order valence-corrected chi connectivity index (χ0v) is 10.5. The fourth-order valence-electron chi connectivity index (χ4n) is 1.64. The molecule has 8 heteroatoms. The summed E-state index contributed by atoms with van der Waals surface area (Å²) in [6.07, 6.45) is -4.69. The first-order valence-electron chi connectivity index (χ1n) is 5.60. The molecule has 1 rings (SSSR count). The van der Waals surface area contributed by atoms with E-state index in [1.54, 1.807) is 6.92 Å². The summed E-state index contributed by atoms with van der Waals surface area (Å²) in [7, 11) is 0. The van der Waals surface area contributed by atoms with E-state index in [0.29, 0.717) is 6.07 Å². The Labute approximate surface area is 112 Å². The van der Waals surface area contributed by atoms with Crippen LogP contribution in [-0.2, 0) is 11.0 Å². The SMILES string of the molecule is CC(CC(N)=O)Nc1ccc(C(F)(F)F)cc1C(=O)O. The summed E-state index contributed by atoms with van der Waals surface area (Å²) in [6, 6.07) is 1.83. The van der Waals surface area contributed by atoms with Crippen molar-refractivity contribution in [1.82, 2.24) is 0 Å². The molecular formula is C12H13F3N2O3. The molecule has 0 spiro atoms. The number of benzene rings is 1. The molecule has 1 unspecified atom stereocenters. The minimum Gasteiger partial charge on any atom is -0.478 e. The van der Waals surface area contributed by atoms with Crippen molar-refractivity contribution in [3.63, 3.8) is 0 Å². The van der Waals surface area contributed by atoms with Gasteiger partial charge in [-0.15, -0.1) is 0 Å². The quantitative estimate of drug-likeness (QED) is 0.774. The van der Waals surface area contributed by atoms with E-state index in [0.717, 1.165) is 12.1 Å². The van der Waals surface area contributed by atoms with Crippen LogP contribution in [0.2, 0.25) is 0 Å². The van der Waals surface area contributed by atoms with Crippen LogP contribution in [0.15, 0.2) is 18.2 Å². The second kappa shape index (κ2) is 5.81. The summed E-state index contributed by atoms with van der Waals surface area (Å²) in [5.41, 5.74) is 3.41. The Hall–Kier alpha value is -2.25. The van der Waals surface area contributed by atoms with Crippen molar-refractivity contribution in [2.75, 3.05) is 5.32 Å². The number of carbonyl (C=O) groups excluding carboxylic acids is 1. The van der Waals surface area contributed by atoms with Gasteiger partial charge >= 0.3 is 12.1 Å². The number of alkyl halides is 3. The molecule has 0 saturated carbocycles. The molecule has 0 aliphatic rings. The smallest absolute Gasteiger partial charge is 0.416 e. The van der Waals surface area contributed by atoms with E-state index in [9.17, 15) is 22.8 Å². The molecule has 1 aromatic rings. The summed E-state index contributed by atoms with van der Waals surface area (Å²) in [6.45, 7) is 1.56. The van der Waals surface area contributed by atoms with Crippen LogP contribution in [0.25, 0.3) is 0 Å². The third-order valence-corrected chi connectivity index (χ3v) is 2.49. The van der Waals surface area contributed by atoms with Crippen LogP contribution in [0.3, 0.4) is 0 Å². The van der Waals surface area contributed by atoms with Gasteiger partial charge in [-0.3, -0.25) is 4.79 Å².